The van der Waals surface area contributed by atoms with Gasteiger partial charge in [-0.25, -0.2) is 12.8 Å². The van der Waals surface area contributed by atoms with E-state index in [1.165, 1.54) is 16.4 Å². The molecule has 1 aromatic heterocycles. The highest BCUT2D eigenvalue weighted by Gasteiger charge is 2.34. The van der Waals surface area contributed by atoms with Crippen molar-refractivity contribution in [2.45, 2.75) is 31.6 Å². The lowest BCUT2D eigenvalue weighted by atomic mass is 9.99. The van der Waals surface area contributed by atoms with Crippen LogP contribution < -0.4 is 4.90 Å². The Kier molecular flexibility index (Phi) is 6.31. The molecule has 1 aromatic carbocycles. The summed E-state index contributed by atoms with van der Waals surface area (Å²) in [4.78, 5) is 16.9. The maximum Gasteiger partial charge on any atom is 0.270 e. The molecule has 2 saturated heterocycles. The summed E-state index contributed by atoms with van der Waals surface area (Å²) in [7, 11) is -2.02. The maximum absolute atomic E-state index is 14.1. The second-order valence-electron chi connectivity index (χ2n) is 8.86. The summed E-state index contributed by atoms with van der Waals surface area (Å²) in [6, 6.07) is 8.05. The molecular weight excluding hydrogens is 431 g/mol. The first-order valence-electron chi connectivity index (χ1n) is 11.2. The molecule has 0 aliphatic carbocycles. The van der Waals surface area contributed by atoms with Gasteiger partial charge >= 0.3 is 0 Å². The Bertz CT molecular complexity index is 1100. The fourth-order valence-electron chi connectivity index (χ4n) is 4.53. The molecule has 0 atom stereocenters. The van der Waals surface area contributed by atoms with Crippen molar-refractivity contribution in [3.63, 3.8) is 0 Å². The number of carbonyl (C=O) groups excluding carboxylic acids is 1. The molecule has 4 rings (SSSR count). The third kappa shape index (κ3) is 4.15. The number of amides is 1. The van der Waals surface area contributed by atoms with Crippen LogP contribution in [0.3, 0.4) is 0 Å². The first kappa shape index (κ1) is 22.8. The zero-order chi connectivity index (χ0) is 23.0. The largest absolute Gasteiger partial charge is 0.367 e. The molecule has 3 heterocycles. The van der Waals surface area contributed by atoms with Gasteiger partial charge in [-0.1, -0.05) is 19.1 Å². The highest BCUT2D eigenvalue weighted by atomic mass is 32.2. The van der Waals surface area contributed by atoms with E-state index in [1.54, 1.807) is 36.7 Å². The van der Waals surface area contributed by atoms with Gasteiger partial charge < -0.3 is 14.4 Å². The van der Waals surface area contributed by atoms with Crippen molar-refractivity contribution in [1.82, 2.24) is 13.8 Å². The van der Waals surface area contributed by atoms with Gasteiger partial charge in [-0.3, -0.25) is 4.79 Å². The average molecular weight is 463 g/mol. The topological polar surface area (TPSA) is 65.9 Å². The number of hydrogen-bond acceptors (Lipinski definition) is 4. The lowest BCUT2D eigenvalue weighted by Crippen LogP contribution is -2.49. The van der Waals surface area contributed by atoms with E-state index >= 15 is 0 Å². The van der Waals surface area contributed by atoms with Gasteiger partial charge in [0.05, 0.1) is 5.69 Å². The van der Waals surface area contributed by atoms with Gasteiger partial charge in [0.15, 0.2) is 0 Å². The third-order valence-electron chi connectivity index (χ3n) is 6.83. The molecule has 7 nitrogen and oxygen atoms in total. The van der Waals surface area contributed by atoms with Gasteiger partial charge in [-0.15, -0.1) is 0 Å². The van der Waals surface area contributed by atoms with Gasteiger partial charge in [0, 0.05) is 52.0 Å². The molecule has 2 aliphatic heterocycles. The second-order valence-corrected chi connectivity index (χ2v) is 10.8. The van der Waals surface area contributed by atoms with E-state index in [2.05, 4.69) is 6.92 Å². The minimum Gasteiger partial charge on any atom is -0.367 e. The van der Waals surface area contributed by atoms with E-state index in [-0.39, 0.29) is 29.7 Å². The molecule has 2 aromatic rings. The van der Waals surface area contributed by atoms with Crippen LogP contribution in [0, 0.1) is 18.7 Å². The highest BCUT2D eigenvalue weighted by Crippen LogP contribution is 2.28. The first-order valence-corrected chi connectivity index (χ1v) is 12.6. The summed E-state index contributed by atoms with van der Waals surface area (Å²) < 4.78 is 44.1. The van der Waals surface area contributed by atoms with Gasteiger partial charge in [0.2, 0.25) is 10.0 Å². The number of para-hydroxylation sites is 1. The van der Waals surface area contributed by atoms with Gasteiger partial charge in [0.25, 0.3) is 5.91 Å². The fourth-order valence-corrected chi connectivity index (χ4v) is 6.22. The maximum atomic E-state index is 14.1. The van der Waals surface area contributed by atoms with Crippen molar-refractivity contribution in [3.8, 4) is 0 Å². The first-order chi connectivity index (χ1) is 15.2. The summed E-state index contributed by atoms with van der Waals surface area (Å²) in [5.74, 6) is 0.180. The van der Waals surface area contributed by atoms with Crippen molar-refractivity contribution in [2.75, 3.05) is 44.2 Å². The molecule has 9 heteroatoms. The lowest BCUT2D eigenvalue weighted by molar-refractivity contribution is 0.0687. The van der Waals surface area contributed by atoms with E-state index in [0.717, 1.165) is 12.8 Å². The number of benzene rings is 1. The fraction of sp³-hybridized carbons (Fsp3) is 0.522. The predicted molar refractivity (Wildman–Crippen MR) is 122 cm³/mol. The zero-order valence-electron chi connectivity index (χ0n) is 18.9. The number of carbonyl (C=O) groups is 1. The molecule has 0 saturated carbocycles. The van der Waals surface area contributed by atoms with Crippen LogP contribution in [0.2, 0.25) is 0 Å². The Morgan fingerprint density at radius 3 is 2.28 bits per heavy atom. The van der Waals surface area contributed by atoms with Crippen molar-refractivity contribution in [2.24, 2.45) is 13.0 Å². The monoisotopic (exact) mass is 462 g/mol. The summed E-state index contributed by atoms with van der Waals surface area (Å²) in [6.07, 6.45) is 1.93. The quantitative estimate of drug-likeness (QED) is 0.701. The Morgan fingerprint density at radius 2 is 1.66 bits per heavy atom. The van der Waals surface area contributed by atoms with Crippen LogP contribution in [0.1, 0.15) is 35.9 Å². The smallest absolute Gasteiger partial charge is 0.270 e. The SMILES string of the molecule is Cc1c(S(=O)(=O)N2CCN(c3ccccc3F)CC2)cc(C(=O)N2CCC(C)CC2)n1C. The minimum absolute atomic E-state index is 0.117. The van der Waals surface area contributed by atoms with E-state index in [0.29, 0.717) is 49.2 Å². The molecule has 174 valence electrons. The number of hydrogen-bond donors (Lipinski definition) is 0. The van der Waals surface area contributed by atoms with Crippen LogP contribution in [-0.4, -0.2) is 67.4 Å². The van der Waals surface area contributed by atoms with Gasteiger partial charge in [-0.05, 0) is 43.9 Å². The molecular formula is C23H31FN4O3S. The Labute approximate surface area is 189 Å². The van der Waals surface area contributed by atoms with Crippen molar-refractivity contribution in [3.05, 3.63) is 47.5 Å². The standard InChI is InChI=1S/C23H31FN4O3S/c1-17-8-10-27(11-9-17)23(29)21-16-22(18(2)25(21)3)32(30,31)28-14-12-26(13-15-28)20-7-5-4-6-19(20)24/h4-7,16-17H,8-15H2,1-3H3. The zero-order valence-corrected chi connectivity index (χ0v) is 19.7. The molecule has 32 heavy (non-hydrogen) atoms. The summed E-state index contributed by atoms with van der Waals surface area (Å²) in [5, 5.41) is 0. The molecule has 0 N–H and O–H groups in total. The van der Waals surface area contributed by atoms with Crippen LogP contribution in [0.4, 0.5) is 10.1 Å². The van der Waals surface area contributed by atoms with Gasteiger partial charge in [0.1, 0.15) is 16.4 Å². The number of sulfonamides is 1. The molecule has 1 amide bonds. The summed E-state index contributed by atoms with van der Waals surface area (Å²) in [5.41, 5.74) is 1.44. The van der Waals surface area contributed by atoms with Crippen LogP contribution in [0.15, 0.2) is 35.2 Å². The van der Waals surface area contributed by atoms with Crippen LogP contribution in [0.5, 0.6) is 0 Å². The second kappa shape index (κ2) is 8.86. The number of anilines is 1. The van der Waals surface area contributed by atoms with E-state index in [1.807, 2.05) is 9.80 Å². The van der Waals surface area contributed by atoms with Crippen molar-refractivity contribution < 1.29 is 17.6 Å². The van der Waals surface area contributed by atoms with Crippen LogP contribution >= 0.6 is 0 Å². The number of likely N-dealkylation sites (tertiary alicyclic amines) is 1. The number of piperidine rings is 1. The van der Waals surface area contributed by atoms with E-state index < -0.39 is 10.0 Å². The number of piperazine rings is 1. The molecule has 0 bridgehead atoms. The Balaban J connectivity index is 1.51. The van der Waals surface area contributed by atoms with Gasteiger partial charge in [-0.2, -0.15) is 4.31 Å². The number of nitrogens with zero attached hydrogens (tertiary/aromatic N) is 4. The number of rotatable bonds is 4. The molecule has 2 aliphatic rings. The third-order valence-corrected chi connectivity index (χ3v) is 8.84. The van der Waals surface area contributed by atoms with E-state index in [4.69, 9.17) is 0 Å². The summed E-state index contributed by atoms with van der Waals surface area (Å²) >= 11 is 0. The van der Waals surface area contributed by atoms with Crippen LogP contribution in [-0.2, 0) is 17.1 Å². The Morgan fingerprint density at radius 1 is 1.03 bits per heavy atom. The van der Waals surface area contributed by atoms with Crippen molar-refractivity contribution in [1.29, 1.82) is 0 Å². The van der Waals surface area contributed by atoms with Crippen LogP contribution in [0.25, 0.3) is 0 Å². The molecule has 0 radical (unpaired) electrons. The van der Waals surface area contributed by atoms with Crippen molar-refractivity contribution >= 4 is 21.6 Å². The summed E-state index contributed by atoms with van der Waals surface area (Å²) in [6.45, 7) is 6.65. The highest BCUT2D eigenvalue weighted by molar-refractivity contribution is 7.89. The number of aromatic nitrogens is 1. The Hall–Kier alpha value is -2.39. The van der Waals surface area contributed by atoms with E-state index in [9.17, 15) is 17.6 Å². The minimum atomic E-state index is -3.76. The lowest BCUT2D eigenvalue weighted by Gasteiger charge is -2.35. The molecule has 0 unspecified atom stereocenters. The number of halogens is 1. The molecule has 2 fully saturated rings. The normalized spacial score (nSPS) is 18.9. The molecule has 0 spiro atoms. The average Bonchev–Trinajstić information content (AvgIpc) is 3.09. The predicted octanol–water partition coefficient (Wildman–Crippen LogP) is 2.86.